The van der Waals surface area contributed by atoms with Gasteiger partial charge in [-0.2, -0.15) is 0 Å². The van der Waals surface area contributed by atoms with E-state index in [0.29, 0.717) is 28.4 Å². The predicted molar refractivity (Wildman–Crippen MR) is 101 cm³/mol. The first-order valence-corrected chi connectivity index (χ1v) is 8.83. The Kier molecular flexibility index (Phi) is 6.82. The minimum atomic E-state index is -0.366. The summed E-state index contributed by atoms with van der Waals surface area (Å²) >= 11 is 9.40. The second kappa shape index (κ2) is 8.85. The summed E-state index contributed by atoms with van der Waals surface area (Å²) in [5.74, 6) is -0.574. The Morgan fingerprint density at radius 2 is 1.83 bits per heavy atom. The van der Waals surface area contributed by atoms with E-state index in [-0.39, 0.29) is 11.8 Å². The summed E-state index contributed by atoms with van der Waals surface area (Å²) < 4.78 is 0.752. The van der Waals surface area contributed by atoms with Gasteiger partial charge in [-0.25, -0.2) is 0 Å². The van der Waals surface area contributed by atoms with Crippen molar-refractivity contribution in [2.24, 2.45) is 0 Å². The number of hydrogen-bond donors (Lipinski definition) is 2. The zero-order valence-corrected chi connectivity index (χ0v) is 15.6. The maximum absolute atomic E-state index is 12.5. The van der Waals surface area contributed by atoms with Crippen LogP contribution in [0.3, 0.4) is 0 Å². The van der Waals surface area contributed by atoms with E-state index in [1.165, 1.54) is 0 Å². The van der Waals surface area contributed by atoms with E-state index in [1.807, 2.05) is 0 Å². The largest absolute Gasteiger partial charge is 0.352 e. The molecule has 0 fully saturated rings. The molecule has 24 heavy (non-hydrogen) atoms. The molecule has 0 saturated carbocycles. The van der Waals surface area contributed by atoms with Crippen molar-refractivity contribution in [3.05, 3.63) is 63.1 Å². The third kappa shape index (κ3) is 4.82. The minimum Gasteiger partial charge on any atom is -0.352 e. The molecule has 0 heterocycles. The predicted octanol–water partition coefficient (Wildman–Crippen LogP) is 4.88. The molecule has 0 saturated heterocycles. The Morgan fingerprint density at radius 3 is 2.58 bits per heavy atom. The zero-order chi connectivity index (χ0) is 17.5. The zero-order valence-electron chi connectivity index (χ0n) is 13.2. The van der Waals surface area contributed by atoms with Crippen LogP contribution < -0.4 is 10.6 Å². The molecule has 0 unspecified atom stereocenters. The fourth-order valence-corrected chi connectivity index (χ4v) is 2.69. The first-order valence-electron chi connectivity index (χ1n) is 7.66. The third-order valence-electron chi connectivity index (χ3n) is 3.41. The molecule has 2 rings (SSSR count). The number of unbranched alkanes of at least 4 members (excludes halogenated alkanes) is 1. The van der Waals surface area contributed by atoms with Gasteiger partial charge in [0.15, 0.2) is 0 Å². The Labute approximate surface area is 154 Å². The van der Waals surface area contributed by atoms with E-state index in [0.717, 1.165) is 17.3 Å². The molecule has 0 aromatic heterocycles. The van der Waals surface area contributed by atoms with Crippen molar-refractivity contribution in [3.8, 4) is 0 Å². The van der Waals surface area contributed by atoms with Crippen LogP contribution in [0.4, 0.5) is 5.69 Å². The lowest BCUT2D eigenvalue weighted by atomic mass is 10.1. The van der Waals surface area contributed by atoms with Crippen molar-refractivity contribution in [1.29, 1.82) is 0 Å². The van der Waals surface area contributed by atoms with Crippen LogP contribution in [0.1, 0.15) is 40.5 Å². The summed E-state index contributed by atoms with van der Waals surface area (Å²) in [6, 6.07) is 11.9. The highest BCUT2D eigenvalue weighted by atomic mass is 79.9. The average molecular weight is 410 g/mol. The Hall–Kier alpha value is -1.85. The molecule has 2 N–H and O–H groups in total. The summed E-state index contributed by atoms with van der Waals surface area (Å²) in [6.07, 6.45) is 1.91. The van der Waals surface area contributed by atoms with Crippen molar-refractivity contribution < 1.29 is 9.59 Å². The van der Waals surface area contributed by atoms with Crippen LogP contribution in [0.25, 0.3) is 0 Å². The van der Waals surface area contributed by atoms with Gasteiger partial charge in [-0.1, -0.05) is 53.0 Å². The monoisotopic (exact) mass is 408 g/mol. The summed E-state index contributed by atoms with van der Waals surface area (Å²) in [4.78, 5) is 24.8. The van der Waals surface area contributed by atoms with Crippen LogP contribution in [0.5, 0.6) is 0 Å². The molecular formula is C18H18BrClN2O2. The number of carbonyl (C=O) groups is 2. The molecule has 2 aromatic rings. The highest BCUT2D eigenvalue weighted by molar-refractivity contribution is 9.10. The molecule has 0 aliphatic rings. The topological polar surface area (TPSA) is 58.2 Å². The molecule has 0 radical (unpaired) electrons. The molecule has 0 bridgehead atoms. The van der Waals surface area contributed by atoms with Crippen LogP contribution in [-0.2, 0) is 0 Å². The van der Waals surface area contributed by atoms with Gasteiger partial charge < -0.3 is 10.6 Å². The maximum atomic E-state index is 12.5. The molecule has 0 atom stereocenters. The van der Waals surface area contributed by atoms with Crippen molar-refractivity contribution in [2.75, 3.05) is 11.9 Å². The lowest BCUT2D eigenvalue weighted by molar-refractivity contribution is 0.0954. The lowest BCUT2D eigenvalue weighted by Gasteiger charge is -2.12. The minimum absolute atomic E-state index is 0.209. The molecule has 0 spiro atoms. The van der Waals surface area contributed by atoms with Crippen molar-refractivity contribution in [3.63, 3.8) is 0 Å². The van der Waals surface area contributed by atoms with E-state index in [4.69, 9.17) is 11.6 Å². The van der Waals surface area contributed by atoms with Gasteiger partial charge in [0.2, 0.25) is 0 Å². The summed E-state index contributed by atoms with van der Waals surface area (Å²) in [5.41, 5.74) is 1.22. The fourth-order valence-electron chi connectivity index (χ4n) is 2.13. The van der Waals surface area contributed by atoms with Crippen molar-refractivity contribution in [1.82, 2.24) is 5.32 Å². The van der Waals surface area contributed by atoms with Gasteiger partial charge in [-0.15, -0.1) is 0 Å². The third-order valence-corrected chi connectivity index (χ3v) is 4.23. The highest BCUT2D eigenvalue weighted by Gasteiger charge is 2.15. The first kappa shape index (κ1) is 18.5. The summed E-state index contributed by atoms with van der Waals surface area (Å²) in [6.45, 7) is 2.66. The van der Waals surface area contributed by atoms with Crippen LogP contribution in [0.15, 0.2) is 46.9 Å². The maximum Gasteiger partial charge on any atom is 0.257 e. The van der Waals surface area contributed by atoms with Gasteiger partial charge in [0.05, 0.1) is 21.8 Å². The highest BCUT2D eigenvalue weighted by Crippen LogP contribution is 2.23. The number of anilines is 1. The first-order chi connectivity index (χ1) is 11.5. The Bertz CT molecular complexity index is 750. The van der Waals surface area contributed by atoms with E-state index in [9.17, 15) is 9.59 Å². The number of amides is 2. The number of rotatable bonds is 6. The molecule has 2 amide bonds. The fraction of sp³-hybridized carbons (Fsp3) is 0.222. The SMILES string of the molecule is CCCCNC(=O)c1ccccc1NC(=O)c1cc(Br)ccc1Cl. The molecule has 0 aliphatic carbocycles. The van der Waals surface area contributed by atoms with Gasteiger partial charge in [0.25, 0.3) is 11.8 Å². The van der Waals surface area contributed by atoms with Crippen molar-refractivity contribution in [2.45, 2.75) is 19.8 Å². The Morgan fingerprint density at radius 1 is 1.08 bits per heavy atom. The van der Waals surface area contributed by atoms with Gasteiger partial charge in [0.1, 0.15) is 0 Å². The quantitative estimate of drug-likeness (QED) is 0.668. The van der Waals surface area contributed by atoms with E-state index >= 15 is 0 Å². The standard InChI is InChI=1S/C18H18BrClN2O2/c1-2-3-10-21-17(23)13-6-4-5-7-16(13)22-18(24)14-11-12(19)8-9-15(14)20/h4-9,11H,2-3,10H2,1H3,(H,21,23)(H,22,24). The van der Waals surface area contributed by atoms with Gasteiger partial charge in [-0.3, -0.25) is 9.59 Å². The number of halogens is 2. The number of para-hydroxylation sites is 1. The second-order valence-corrected chi connectivity index (χ2v) is 6.56. The van der Waals surface area contributed by atoms with Crippen LogP contribution in [0, 0.1) is 0 Å². The summed E-state index contributed by atoms with van der Waals surface area (Å²) in [7, 11) is 0. The molecule has 2 aromatic carbocycles. The van der Waals surface area contributed by atoms with Gasteiger partial charge in [0, 0.05) is 11.0 Å². The van der Waals surface area contributed by atoms with Gasteiger partial charge in [-0.05, 0) is 36.8 Å². The number of hydrogen-bond acceptors (Lipinski definition) is 2. The second-order valence-electron chi connectivity index (χ2n) is 5.23. The number of carbonyl (C=O) groups excluding carboxylic acids is 2. The average Bonchev–Trinajstić information content (AvgIpc) is 2.57. The van der Waals surface area contributed by atoms with Crippen LogP contribution in [-0.4, -0.2) is 18.4 Å². The van der Waals surface area contributed by atoms with Crippen molar-refractivity contribution >= 4 is 45.0 Å². The summed E-state index contributed by atoms with van der Waals surface area (Å²) in [5, 5.41) is 5.96. The molecule has 6 heteroatoms. The van der Waals surface area contributed by atoms with E-state index in [1.54, 1.807) is 42.5 Å². The van der Waals surface area contributed by atoms with Gasteiger partial charge >= 0.3 is 0 Å². The Balaban J connectivity index is 2.19. The molecular weight excluding hydrogens is 392 g/mol. The number of benzene rings is 2. The number of nitrogens with one attached hydrogen (secondary N) is 2. The smallest absolute Gasteiger partial charge is 0.257 e. The molecule has 0 aliphatic heterocycles. The molecule has 126 valence electrons. The van der Waals surface area contributed by atoms with Crippen LogP contribution >= 0.6 is 27.5 Å². The van der Waals surface area contributed by atoms with E-state index < -0.39 is 0 Å². The van der Waals surface area contributed by atoms with Crippen LogP contribution in [0.2, 0.25) is 5.02 Å². The van der Waals surface area contributed by atoms with E-state index in [2.05, 4.69) is 33.5 Å². The molecule has 4 nitrogen and oxygen atoms in total. The normalized spacial score (nSPS) is 10.3. The lowest BCUT2D eigenvalue weighted by Crippen LogP contribution is -2.26.